The fraction of sp³-hybridized carbons (Fsp3) is 0.100. The highest BCUT2D eigenvalue weighted by Gasteiger charge is 2.17. The van der Waals surface area contributed by atoms with Crippen molar-refractivity contribution in [3.63, 3.8) is 0 Å². The molecule has 0 fully saturated rings. The van der Waals surface area contributed by atoms with E-state index in [0.29, 0.717) is 11.1 Å². The molecular weight excluding hydrogens is 194 g/mol. The van der Waals surface area contributed by atoms with E-state index in [0.717, 1.165) is 5.39 Å². The molecule has 0 atom stereocenters. The van der Waals surface area contributed by atoms with E-state index in [1.165, 1.54) is 6.20 Å². The maximum Gasteiger partial charge on any atom is 0.301 e. The number of hydrogen-bond acceptors (Lipinski definition) is 4. The van der Waals surface area contributed by atoms with Crippen molar-refractivity contribution in [3.8, 4) is 0 Å². The maximum atomic E-state index is 10.9. The summed E-state index contributed by atoms with van der Waals surface area (Å²) in [6.45, 7) is 0. The Bertz CT molecular complexity index is 525. The molecule has 5 nitrogen and oxygen atoms in total. The van der Waals surface area contributed by atoms with Crippen LogP contribution in [0.25, 0.3) is 10.8 Å². The minimum Gasteiger partial charge on any atom is -0.383 e. The quantitative estimate of drug-likeness (QED) is 0.600. The molecule has 2 rings (SSSR count). The van der Waals surface area contributed by atoms with Crippen LogP contribution < -0.4 is 5.32 Å². The number of nitrogens with zero attached hydrogens (tertiary/aromatic N) is 2. The van der Waals surface area contributed by atoms with Gasteiger partial charge in [-0.1, -0.05) is 6.07 Å². The SMILES string of the molecule is CNc1ccc2ccncc2c1[N+](=O)[O-]. The molecule has 1 N–H and O–H groups in total. The van der Waals surface area contributed by atoms with E-state index < -0.39 is 4.92 Å². The van der Waals surface area contributed by atoms with Crippen LogP contribution in [0.15, 0.2) is 30.6 Å². The van der Waals surface area contributed by atoms with Gasteiger partial charge in [-0.05, 0) is 17.5 Å². The molecule has 0 aliphatic heterocycles. The number of nitro groups is 1. The van der Waals surface area contributed by atoms with Gasteiger partial charge in [0.25, 0.3) is 0 Å². The molecule has 0 aliphatic carbocycles. The van der Waals surface area contributed by atoms with Gasteiger partial charge in [-0.2, -0.15) is 0 Å². The van der Waals surface area contributed by atoms with Crippen molar-refractivity contribution in [2.45, 2.75) is 0 Å². The predicted molar refractivity (Wildman–Crippen MR) is 57.9 cm³/mol. The Balaban J connectivity index is 2.85. The fourth-order valence-corrected chi connectivity index (χ4v) is 1.54. The van der Waals surface area contributed by atoms with Gasteiger partial charge in [0.1, 0.15) is 5.69 Å². The molecule has 0 radical (unpaired) electrons. The third kappa shape index (κ3) is 1.48. The summed E-state index contributed by atoms with van der Waals surface area (Å²) in [5.74, 6) is 0. The molecule has 0 aliphatic rings. The molecule has 0 amide bonds. The first-order valence-electron chi connectivity index (χ1n) is 4.43. The van der Waals surface area contributed by atoms with E-state index in [4.69, 9.17) is 0 Å². The summed E-state index contributed by atoms with van der Waals surface area (Å²) < 4.78 is 0. The first-order chi connectivity index (χ1) is 7.24. The van der Waals surface area contributed by atoms with Crippen molar-refractivity contribution in [2.75, 3.05) is 12.4 Å². The Labute approximate surface area is 85.9 Å². The van der Waals surface area contributed by atoms with Gasteiger partial charge < -0.3 is 5.32 Å². The molecule has 0 saturated carbocycles. The molecular formula is C10H9N3O2. The number of pyridine rings is 1. The van der Waals surface area contributed by atoms with Crippen LogP contribution in [0, 0.1) is 10.1 Å². The zero-order valence-electron chi connectivity index (χ0n) is 8.10. The first kappa shape index (κ1) is 9.39. The lowest BCUT2D eigenvalue weighted by Gasteiger charge is -2.04. The lowest BCUT2D eigenvalue weighted by molar-refractivity contribution is -0.382. The number of rotatable bonds is 2. The summed E-state index contributed by atoms with van der Waals surface area (Å²) in [5.41, 5.74) is 0.573. The van der Waals surface area contributed by atoms with Gasteiger partial charge in [-0.3, -0.25) is 15.1 Å². The van der Waals surface area contributed by atoms with Gasteiger partial charge in [-0.15, -0.1) is 0 Å². The van der Waals surface area contributed by atoms with Gasteiger partial charge >= 0.3 is 5.69 Å². The van der Waals surface area contributed by atoms with Crippen LogP contribution in [-0.2, 0) is 0 Å². The average Bonchev–Trinajstić information content (AvgIpc) is 2.27. The molecule has 1 aromatic carbocycles. The summed E-state index contributed by atoms with van der Waals surface area (Å²) in [6, 6.07) is 5.28. The Morgan fingerprint density at radius 3 is 2.87 bits per heavy atom. The minimum absolute atomic E-state index is 0.0723. The van der Waals surface area contributed by atoms with Crippen molar-refractivity contribution in [3.05, 3.63) is 40.7 Å². The van der Waals surface area contributed by atoms with E-state index in [9.17, 15) is 10.1 Å². The van der Waals surface area contributed by atoms with Gasteiger partial charge in [0.05, 0.1) is 10.3 Å². The van der Waals surface area contributed by atoms with E-state index in [1.807, 2.05) is 6.07 Å². The molecule has 0 saturated heterocycles. The van der Waals surface area contributed by atoms with E-state index in [2.05, 4.69) is 10.3 Å². The lowest BCUT2D eigenvalue weighted by atomic mass is 10.1. The molecule has 15 heavy (non-hydrogen) atoms. The lowest BCUT2D eigenvalue weighted by Crippen LogP contribution is -1.97. The second-order valence-electron chi connectivity index (χ2n) is 3.07. The highest BCUT2D eigenvalue weighted by atomic mass is 16.6. The van der Waals surface area contributed by atoms with E-state index >= 15 is 0 Å². The Kier molecular flexibility index (Phi) is 2.21. The third-order valence-electron chi connectivity index (χ3n) is 2.25. The number of aromatic nitrogens is 1. The molecule has 0 spiro atoms. The maximum absolute atomic E-state index is 10.9. The highest BCUT2D eigenvalue weighted by molar-refractivity contribution is 5.95. The molecule has 1 heterocycles. The normalized spacial score (nSPS) is 10.2. The van der Waals surface area contributed by atoms with Crippen LogP contribution >= 0.6 is 0 Å². The fourth-order valence-electron chi connectivity index (χ4n) is 1.54. The van der Waals surface area contributed by atoms with Crippen molar-refractivity contribution in [1.82, 2.24) is 4.98 Å². The Morgan fingerprint density at radius 2 is 2.20 bits per heavy atom. The van der Waals surface area contributed by atoms with Crippen LogP contribution in [0.5, 0.6) is 0 Å². The summed E-state index contributed by atoms with van der Waals surface area (Å²) in [7, 11) is 1.66. The van der Waals surface area contributed by atoms with Crippen molar-refractivity contribution >= 4 is 22.1 Å². The molecule has 5 heteroatoms. The van der Waals surface area contributed by atoms with E-state index in [-0.39, 0.29) is 5.69 Å². The van der Waals surface area contributed by atoms with Gasteiger partial charge in [0, 0.05) is 19.4 Å². The smallest absolute Gasteiger partial charge is 0.301 e. The molecule has 76 valence electrons. The zero-order chi connectivity index (χ0) is 10.8. The third-order valence-corrected chi connectivity index (χ3v) is 2.25. The molecule has 0 unspecified atom stereocenters. The highest BCUT2D eigenvalue weighted by Crippen LogP contribution is 2.32. The predicted octanol–water partition coefficient (Wildman–Crippen LogP) is 2.18. The van der Waals surface area contributed by atoms with Crippen LogP contribution in [0.4, 0.5) is 11.4 Å². The summed E-state index contributed by atoms with van der Waals surface area (Å²) in [6.07, 6.45) is 3.12. The Morgan fingerprint density at radius 1 is 1.40 bits per heavy atom. The number of nitro benzene ring substituents is 1. The second kappa shape index (κ2) is 3.53. The second-order valence-corrected chi connectivity index (χ2v) is 3.07. The first-order valence-corrected chi connectivity index (χ1v) is 4.43. The largest absolute Gasteiger partial charge is 0.383 e. The molecule has 1 aromatic heterocycles. The average molecular weight is 203 g/mol. The van der Waals surface area contributed by atoms with Gasteiger partial charge in [-0.25, -0.2) is 0 Å². The summed E-state index contributed by atoms with van der Waals surface area (Å²) >= 11 is 0. The monoisotopic (exact) mass is 203 g/mol. The summed E-state index contributed by atoms with van der Waals surface area (Å²) in [5, 5.41) is 15.1. The van der Waals surface area contributed by atoms with Crippen molar-refractivity contribution in [2.24, 2.45) is 0 Å². The van der Waals surface area contributed by atoms with Crippen molar-refractivity contribution < 1.29 is 4.92 Å². The number of anilines is 1. The van der Waals surface area contributed by atoms with Crippen molar-refractivity contribution in [1.29, 1.82) is 0 Å². The van der Waals surface area contributed by atoms with E-state index in [1.54, 1.807) is 25.4 Å². The zero-order valence-corrected chi connectivity index (χ0v) is 8.10. The number of benzene rings is 1. The molecule has 0 bridgehead atoms. The van der Waals surface area contributed by atoms with Crippen LogP contribution in [-0.4, -0.2) is 17.0 Å². The number of nitrogens with one attached hydrogen (secondary N) is 1. The number of fused-ring (bicyclic) bond motifs is 1. The van der Waals surface area contributed by atoms with Gasteiger partial charge in [0.2, 0.25) is 0 Å². The Hall–Kier alpha value is -2.17. The minimum atomic E-state index is -0.393. The topological polar surface area (TPSA) is 68.1 Å². The number of hydrogen-bond donors (Lipinski definition) is 1. The van der Waals surface area contributed by atoms with Crippen LogP contribution in [0.1, 0.15) is 0 Å². The summed E-state index contributed by atoms with van der Waals surface area (Å²) in [4.78, 5) is 14.4. The van der Waals surface area contributed by atoms with Crippen LogP contribution in [0.3, 0.4) is 0 Å². The van der Waals surface area contributed by atoms with Crippen LogP contribution in [0.2, 0.25) is 0 Å². The van der Waals surface area contributed by atoms with Gasteiger partial charge in [0.15, 0.2) is 0 Å². The standard InChI is InChI=1S/C10H9N3O2/c1-11-9-3-2-7-4-5-12-6-8(7)10(9)13(14)15/h2-6,11H,1H3. The molecule has 2 aromatic rings.